The molecular weight excluding hydrogens is 420 g/mol. The first kappa shape index (κ1) is 22.7. The third-order valence-corrected chi connectivity index (χ3v) is 6.15. The van der Waals surface area contributed by atoms with Crippen molar-refractivity contribution in [2.45, 2.75) is 45.3 Å². The number of ether oxygens (including phenoxy) is 1. The summed E-state index contributed by atoms with van der Waals surface area (Å²) in [4.78, 5) is 11.7. The van der Waals surface area contributed by atoms with E-state index in [-0.39, 0.29) is 0 Å². The molecule has 1 aromatic carbocycles. The molecule has 2 atom stereocenters. The number of unbranched alkanes of at least 4 members (excludes halogenated alkanes) is 3. The first-order chi connectivity index (χ1) is 14.5. The first-order valence-corrected chi connectivity index (χ1v) is 11.7. The second-order valence-corrected chi connectivity index (χ2v) is 8.78. The Morgan fingerprint density at radius 3 is 2.80 bits per heavy atom. The van der Waals surface area contributed by atoms with Crippen molar-refractivity contribution in [2.24, 2.45) is 0 Å². The van der Waals surface area contributed by atoms with Crippen molar-refractivity contribution < 1.29 is 14.0 Å². The molecule has 2 unspecified atom stereocenters. The number of halogens is 1. The van der Waals surface area contributed by atoms with Crippen molar-refractivity contribution in [3.8, 4) is 0 Å². The van der Waals surface area contributed by atoms with E-state index in [1.807, 2.05) is 30.3 Å². The number of carbonyl (C=O) groups excluding carboxylic acids is 1. The SMILES string of the molecule is CCCCCCNc1nsnc1C1=CCC[N+](C)(C(OC(=O)Cl)c2ccccc2)C1. The highest BCUT2D eigenvalue weighted by Gasteiger charge is 2.40. The van der Waals surface area contributed by atoms with Crippen molar-refractivity contribution >= 4 is 40.1 Å². The molecule has 30 heavy (non-hydrogen) atoms. The van der Waals surface area contributed by atoms with Gasteiger partial charge in [-0.1, -0.05) is 50.5 Å². The van der Waals surface area contributed by atoms with E-state index in [2.05, 4.69) is 34.1 Å². The van der Waals surface area contributed by atoms with Crippen LogP contribution in [0, 0.1) is 0 Å². The smallest absolute Gasteiger partial charge is 0.396 e. The molecule has 0 aliphatic carbocycles. The van der Waals surface area contributed by atoms with E-state index in [9.17, 15) is 4.79 Å². The van der Waals surface area contributed by atoms with Crippen molar-refractivity contribution in [2.75, 3.05) is 32.0 Å². The molecule has 0 fully saturated rings. The molecule has 0 saturated carbocycles. The van der Waals surface area contributed by atoms with Crippen LogP contribution in [-0.4, -0.2) is 45.3 Å². The largest absolute Gasteiger partial charge is 0.408 e. The molecule has 0 amide bonds. The summed E-state index contributed by atoms with van der Waals surface area (Å²) in [7, 11) is 2.10. The van der Waals surface area contributed by atoms with Gasteiger partial charge in [0.05, 0.1) is 30.9 Å². The van der Waals surface area contributed by atoms with Crippen molar-refractivity contribution in [3.05, 3.63) is 47.7 Å². The summed E-state index contributed by atoms with van der Waals surface area (Å²) in [6.45, 7) is 4.63. The molecule has 8 heteroatoms. The topological polar surface area (TPSA) is 64.1 Å². The summed E-state index contributed by atoms with van der Waals surface area (Å²) < 4.78 is 15.2. The zero-order valence-electron chi connectivity index (χ0n) is 17.6. The molecule has 162 valence electrons. The fourth-order valence-corrected chi connectivity index (χ4v) is 4.62. The fraction of sp³-hybridized carbons (Fsp3) is 0.500. The van der Waals surface area contributed by atoms with Crippen LogP contribution in [0.3, 0.4) is 0 Å². The molecule has 0 spiro atoms. The van der Waals surface area contributed by atoms with Gasteiger partial charge in [0.2, 0.25) is 0 Å². The van der Waals surface area contributed by atoms with E-state index in [4.69, 9.17) is 16.3 Å². The van der Waals surface area contributed by atoms with E-state index < -0.39 is 11.7 Å². The van der Waals surface area contributed by atoms with Crippen LogP contribution >= 0.6 is 23.3 Å². The van der Waals surface area contributed by atoms with Gasteiger partial charge in [0.25, 0.3) is 6.23 Å². The highest BCUT2D eigenvalue weighted by atomic mass is 35.5. The van der Waals surface area contributed by atoms with Crippen LogP contribution in [0.4, 0.5) is 10.6 Å². The number of benzene rings is 1. The van der Waals surface area contributed by atoms with Gasteiger partial charge in [-0.25, -0.2) is 4.79 Å². The molecule has 2 aromatic rings. The number of aromatic nitrogens is 2. The number of anilines is 1. The molecule has 0 radical (unpaired) electrons. The van der Waals surface area contributed by atoms with Crippen molar-refractivity contribution in [3.63, 3.8) is 0 Å². The van der Waals surface area contributed by atoms with Gasteiger partial charge < -0.3 is 10.1 Å². The van der Waals surface area contributed by atoms with Crippen LogP contribution in [0.2, 0.25) is 0 Å². The third kappa shape index (κ3) is 5.80. The van der Waals surface area contributed by atoms with Crippen LogP contribution in [0.15, 0.2) is 36.4 Å². The Morgan fingerprint density at radius 2 is 2.07 bits per heavy atom. The van der Waals surface area contributed by atoms with E-state index in [0.29, 0.717) is 11.0 Å². The lowest BCUT2D eigenvalue weighted by Crippen LogP contribution is -2.51. The van der Waals surface area contributed by atoms with Gasteiger partial charge in [-0.2, -0.15) is 8.75 Å². The minimum absolute atomic E-state index is 0.475. The average molecular weight is 450 g/mol. The van der Waals surface area contributed by atoms with Crippen molar-refractivity contribution in [1.82, 2.24) is 8.75 Å². The van der Waals surface area contributed by atoms with Gasteiger partial charge in [0, 0.05) is 30.1 Å². The maximum Gasteiger partial charge on any atom is 0.408 e. The molecule has 1 aliphatic rings. The standard InChI is InChI=1S/C22H30ClN4O2S/c1-3-4-5-9-14-24-20-19(25-30-26-20)18-13-10-15-27(2,16-18)21(29-22(23)28)17-11-7-6-8-12-17/h6-8,11-13,21H,3-5,9-10,14-16H2,1-2H3,(H,24,26)/q+1. The van der Waals surface area contributed by atoms with E-state index in [1.165, 1.54) is 31.0 Å². The van der Waals surface area contributed by atoms with Crippen LogP contribution < -0.4 is 5.32 Å². The third-order valence-electron chi connectivity index (χ3n) is 5.53. The Labute approximate surface area is 187 Å². The van der Waals surface area contributed by atoms with Crippen LogP contribution in [0.5, 0.6) is 0 Å². The van der Waals surface area contributed by atoms with Gasteiger partial charge >= 0.3 is 5.43 Å². The predicted octanol–water partition coefficient (Wildman–Crippen LogP) is 5.84. The van der Waals surface area contributed by atoms with Gasteiger partial charge in [-0.15, -0.1) is 0 Å². The summed E-state index contributed by atoms with van der Waals surface area (Å²) in [5.74, 6) is 0.849. The monoisotopic (exact) mass is 449 g/mol. The summed E-state index contributed by atoms with van der Waals surface area (Å²) in [6.07, 6.45) is 7.44. The van der Waals surface area contributed by atoms with Crippen LogP contribution in [-0.2, 0) is 4.74 Å². The first-order valence-electron chi connectivity index (χ1n) is 10.5. The van der Waals surface area contributed by atoms with Gasteiger partial charge in [-0.05, 0) is 18.6 Å². The molecule has 1 aromatic heterocycles. The van der Waals surface area contributed by atoms with Gasteiger partial charge in [-0.3, -0.25) is 4.48 Å². The number of nitrogens with one attached hydrogen (secondary N) is 1. The van der Waals surface area contributed by atoms with Gasteiger partial charge in [0.1, 0.15) is 12.2 Å². The Balaban J connectivity index is 1.76. The summed E-state index contributed by atoms with van der Waals surface area (Å²) in [5, 5.41) is 3.45. The highest BCUT2D eigenvalue weighted by Crippen LogP contribution is 2.36. The number of carbonyl (C=O) groups is 1. The number of quaternary nitrogens is 1. The summed E-state index contributed by atoms with van der Waals surface area (Å²) in [5.41, 5.74) is 2.17. The fourth-order valence-electron chi connectivity index (χ4n) is 3.97. The van der Waals surface area contributed by atoms with Crippen LogP contribution in [0.1, 0.15) is 56.5 Å². The Bertz CT molecular complexity index is 858. The highest BCUT2D eigenvalue weighted by molar-refractivity contribution is 6.99. The molecule has 6 nitrogen and oxygen atoms in total. The maximum atomic E-state index is 11.7. The Hall–Kier alpha value is -1.96. The molecular formula is C22H30ClN4O2S+. The second-order valence-electron chi connectivity index (χ2n) is 7.95. The lowest BCUT2D eigenvalue weighted by atomic mass is 10.0. The van der Waals surface area contributed by atoms with Crippen molar-refractivity contribution in [1.29, 1.82) is 0 Å². The molecule has 1 aliphatic heterocycles. The maximum absolute atomic E-state index is 11.7. The predicted molar refractivity (Wildman–Crippen MR) is 123 cm³/mol. The second kappa shape index (κ2) is 10.9. The summed E-state index contributed by atoms with van der Waals surface area (Å²) >= 11 is 6.87. The Morgan fingerprint density at radius 1 is 1.27 bits per heavy atom. The zero-order chi connectivity index (χ0) is 21.4. The number of hydrogen-bond acceptors (Lipinski definition) is 6. The number of nitrogens with zero attached hydrogens (tertiary/aromatic N) is 3. The minimum atomic E-state index is -0.788. The molecule has 1 N–H and O–H groups in total. The molecule has 0 bridgehead atoms. The Kier molecular flexibility index (Phi) is 8.24. The lowest BCUT2D eigenvalue weighted by Gasteiger charge is -2.42. The molecule has 0 saturated heterocycles. The average Bonchev–Trinajstić information content (AvgIpc) is 3.21. The molecule has 2 heterocycles. The van der Waals surface area contributed by atoms with E-state index >= 15 is 0 Å². The number of likely N-dealkylation sites (N-methyl/N-ethyl adjacent to an activating group) is 1. The molecule has 3 rings (SSSR count). The van der Waals surface area contributed by atoms with E-state index in [0.717, 1.165) is 48.6 Å². The van der Waals surface area contributed by atoms with Crippen LogP contribution in [0.25, 0.3) is 5.57 Å². The number of rotatable bonds is 10. The van der Waals surface area contributed by atoms with Gasteiger partial charge in [0.15, 0.2) is 5.82 Å². The zero-order valence-corrected chi connectivity index (χ0v) is 19.2. The summed E-state index contributed by atoms with van der Waals surface area (Å²) in [6, 6.07) is 9.79. The lowest BCUT2D eigenvalue weighted by molar-refractivity contribution is -0.953. The normalized spacial score (nSPS) is 19.8. The number of hydrogen-bond donors (Lipinski definition) is 1. The van der Waals surface area contributed by atoms with E-state index in [1.54, 1.807) is 0 Å². The quantitative estimate of drug-likeness (QED) is 0.280. The minimum Gasteiger partial charge on any atom is -0.396 e.